The number of anilines is 2. The largest absolute Gasteiger partial charge is 0.351 e. The van der Waals surface area contributed by atoms with Crippen molar-refractivity contribution in [1.82, 2.24) is 51.5 Å². The number of urea groups is 2. The summed E-state index contributed by atoms with van der Waals surface area (Å²) in [7, 11) is 3.29. The van der Waals surface area contributed by atoms with Crippen LogP contribution in [0.3, 0.4) is 0 Å². The second-order valence-electron chi connectivity index (χ2n) is 22.2. The van der Waals surface area contributed by atoms with Crippen LogP contribution in [0.25, 0.3) is 0 Å². The molecule has 6 fully saturated rings. The first-order chi connectivity index (χ1) is 37.7. The minimum Gasteiger partial charge on any atom is -0.351 e. The van der Waals surface area contributed by atoms with Gasteiger partial charge in [0, 0.05) is 60.5 Å². The summed E-state index contributed by atoms with van der Waals surface area (Å²) in [6, 6.07) is 20.3. The van der Waals surface area contributed by atoms with Gasteiger partial charge in [0.15, 0.2) is 0 Å². The van der Waals surface area contributed by atoms with Gasteiger partial charge in [-0.05, 0) is 128 Å². The van der Waals surface area contributed by atoms with Gasteiger partial charge in [0.2, 0.25) is 35.4 Å². The van der Waals surface area contributed by atoms with Crippen LogP contribution in [0.5, 0.6) is 0 Å². The molecule has 1 unspecified atom stereocenters. The molecule has 2 saturated carbocycles. The number of nitrogens with zero attached hydrogens (tertiary/aromatic N) is 4. The molecule has 0 spiro atoms. The fourth-order valence-corrected chi connectivity index (χ4v) is 12.8. The van der Waals surface area contributed by atoms with Gasteiger partial charge in [0.05, 0.1) is 25.2 Å². The number of rotatable bonds is 14. The van der Waals surface area contributed by atoms with Gasteiger partial charge in [-0.25, -0.2) is 9.59 Å². The Labute approximate surface area is 457 Å². The lowest BCUT2D eigenvalue weighted by Crippen LogP contribution is -2.62. The van der Waals surface area contributed by atoms with Crippen molar-refractivity contribution in [3.8, 4) is 0 Å². The molecule has 4 saturated heterocycles. The quantitative estimate of drug-likeness (QED) is 0.116. The number of carbonyl (C=O) groups excluding carboxylic acids is 8. The predicted molar refractivity (Wildman–Crippen MR) is 295 cm³/mol. The number of nitrogens with one attached hydrogen (secondary N) is 8. The van der Waals surface area contributed by atoms with Crippen molar-refractivity contribution >= 4 is 58.9 Å². The molecular formula is C58H78N12O8. The molecule has 12 atom stereocenters. The van der Waals surface area contributed by atoms with Crippen molar-refractivity contribution in [3.63, 3.8) is 0 Å². The molecule has 20 nitrogen and oxygen atoms in total. The third-order valence-electron chi connectivity index (χ3n) is 17.4. The van der Waals surface area contributed by atoms with E-state index in [-0.39, 0.29) is 74.0 Å². The molecule has 3 aromatic rings. The number of hydrogen-bond acceptors (Lipinski definition) is 10. The van der Waals surface area contributed by atoms with E-state index in [9.17, 15) is 38.4 Å². The molecule has 78 heavy (non-hydrogen) atoms. The summed E-state index contributed by atoms with van der Waals surface area (Å²) in [4.78, 5) is 119. The van der Waals surface area contributed by atoms with Gasteiger partial charge in [-0.2, -0.15) is 0 Å². The number of amides is 10. The number of hydrogen-bond donors (Lipinski definition) is 8. The van der Waals surface area contributed by atoms with Crippen molar-refractivity contribution in [2.24, 2.45) is 0 Å². The normalized spacial score (nSPS) is 27.9. The van der Waals surface area contributed by atoms with Gasteiger partial charge >= 0.3 is 12.1 Å². The van der Waals surface area contributed by atoms with Gasteiger partial charge in [0.25, 0.3) is 0 Å². The van der Waals surface area contributed by atoms with E-state index in [1.54, 1.807) is 62.0 Å². The number of benzene rings is 3. The monoisotopic (exact) mass is 1070 g/mol. The Balaban J connectivity index is 0.832. The van der Waals surface area contributed by atoms with E-state index in [0.29, 0.717) is 49.9 Å². The van der Waals surface area contributed by atoms with E-state index in [2.05, 4.69) is 66.8 Å². The third-order valence-corrected chi connectivity index (χ3v) is 17.4. The highest BCUT2D eigenvalue weighted by molar-refractivity contribution is 5.97. The van der Waals surface area contributed by atoms with Crippen molar-refractivity contribution in [2.45, 2.75) is 163 Å². The standard InChI is InChI=1S/C58H78N12O8/c1-35(59-3)51(71)65-47-33-67(31-29-41-25-27-49(69(41)55(47)75)53(73)63-45-19-11-17-43(45)37-13-7-5-8-14-37)57(77)61-39-21-23-40(24-22-39)62-58(78)68-32-30-42-26-28-50(70(42)56(76)48(34-68)66-52(72)36(2)60-4)54(74)64-46-20-12-18-44(46)38-15-9-6-10-16-38/h5-10,13-16,21-24,35-36,41-50,59-60H,11-12,17-20,25-34H2,1-4H3,(H,61,77)(H,62,78)(H,63,73)(H,64,74)(H,65,71)(H,66,72)/t35-,36-,41+,42+,43-,44-,45-,46-,47-,48?,49-,50-/m0/s1. The molecule has 9 rings (SSSR count). The zero-order valence-corrected chi connectivity index (χ0v) is 45.4. The summed E-state index contributed by atoms with van der Waals surface area (Å²) in [5.41, 5.74) is 3.19. The van der Waals surface area contributed by atoms with Gasteiger partial charge < -0.3 is 62.1 Å². The van der Waals surface area contributed by atoms with Crippen LogP contribution in [0, 0.1) is 0 Å². The molecule has 4 aliphatic heterocycles. The van der Waals surface area contributed by atoms with Gasteiger partial charge in [0.1, 0.15) is 24.2 Å². The second-order valence-corrected chi connectivity index (χ2v) is 22.2. The second kappa shape index (κ2) is 25.2. The molecule has 4 heterocycles. The van der Waals surface area contributed by atoms with Crippen LogP contribution in [-0.4, -0.2) is 168 Å². The summed E-state index contributed by atoms with van der Waals surface area (Å²) in [6.07, 6.45) is 8.54. The minimum absolute atomic E-state index is 0.0530. The van der Waals surface area contributed by atoms with Gasteiger partial charge in [-0.1, -0.05) is 73.5 Å². The molecule has 6 aliphatic rings. The fraction of sp³-hybridized carbons (Fsp3) is 0.552. The molecule has 2 aliphatic carbocycles. The molecule has 3 aromatic carbocycles. The van der Waals surface area contributed by atoms with Crippen LogP contribution < -0.4 is 42.5 Å². The summed E-state index contributed by atoms with van der Waals surface area (Å²) in [5, 5.41) is 24.0. The zero-order chi connectivity index (χ0) is 55.0. The molecule has 10 amide bonds. The van der Waals surface area contributed by atoms with E-state index in [4.69, 9.17) is 0 Å². The van der Waals surface area contributed by atoms with E-state index >= 15 is 0 Å². The maximum absolute atomic E-state index is 14.6. The lowest BCUT2D eigenvalue weighted by Gasteiger charge is -2.39. The molecular weight excluding hydrogens is 993 g/mol. The maximum atomic E-state index is 14.6. The maximum Gasteiger partial charge on any atom is 0.321 e. The number of fused-ring (bicyclic) bond motifs is 2. The molecule has 418 valence electrons. The van der Waals surface area contributed by atoms with Crippen LogP contribution in [0.1, 0.15) is 114 Å². The topological polar surface area (TPSA) is 246 Å². The van der Waals surface area contributed by atoms with Crippen LogP contribution in [0.2, 0.25) is 0 Å². The summed E-state index contributed by atoms with van der Waals surface area (Å²) in [5.74, 6) is -1.67. The van der Waals surface area contributed by atoms with Crippen molar-refractivity contribution < 1.29 is 38.4 Å². The van der Waals surface area contributed by atoms with Crippen LogP contribution in [-0.2, 0) is 28.8 Å². The number of carbonyl (C=O) groups is 8. The molecule has 0 aromatic heterocycles. The van der Waals surface area contributed by atoms with Gasteiger partial charge in [-0.15, -0.1) is 0 Å². The van der Waals surface area contributed by atoms with Crippen molar-refractivity contribution in [1.29, 1.82) is 0 Å². The van der Waals surface area contributed by atoms with Gasteiger partial charge in [-0.3, -0.25) is 28.8 Å². The third kappa shape index (κ3) is 12.6. The average molecular weight is 1070 g/mol. The Morgan fingerprint density at radius 3 is 1.23 bits per heavy atom. The highest BCUT2D eigenvalue weighted by Crippen LogP contribution is 2.38. The highest BCUT2D eigenvalue weighted by atomic mass is 16.2. The van der Waals surface area contributed by atoms with Crippen LogP contribution in [0.15, 0.2) is 84.9 Å². The summed E-state index contributed by atoms with van der Waals surface area (Å²) < 4.78 is 0. The summed E-state index contributed by atoms with van der Waals surface area (Å²) >= 11 is 0. The van der Waals surface area contributed by atoms with E-state index in [1.165, 1.54) is 20.9 Å². The minimum atomic E-state index is -1.12. The lowest BCUT2D eigenvalue weighted by atomic mass is 9.94. The van der Waals surface area contributed by atoms with Crippen molar-refractivity contribution in [2.75, 3.05) is 50.9 Å². The Morgan fingerprint density at radius 2 is 0.859 bits per heavy atom. The lowest BCUT2D eigenvalue weighted by molar-refractivity contribution is -0.145. The van der Waals surface area contributed by atoms with Crippen LogP contribution >= 0.6 is 0 Å². The summed E-state index contributed by atoms with van der Waals surface area (Å²) in [6.45, 7) is 3.60. The SMILES string of the molecule is CN[C@@H](C)C(=O)NC1CN(C(=O)Nc2ccc(NC(=O)N3CC[C@H]4CC[C@@H](C(=O)N[C@H]5CCC[C@H]5c5ccccc5)N4C(=O)[C@@H](NC(=O)[C@H](C)NC)C3)cc2)CC[C@H]2CC[C@@H](C(=O)N[C@H]3CCC[C@H]3c3ccccc3)N2C1=O. The van der Waals surface area contributed by atoms with E-state index in [0.717, 1.165) is 38.5 Å². The Morgan fingerprint density at radius 1 is 0.474 bits per heavy atom. The molecule has 0 bridgehead atoms. The zero-order valence-electron chi connectivity index (χ0n) is 45.4. The fourth-order valence-electron chi connectivity index (χ4n) is 12.8. The molecule has 8 N–H and O–H groups in total. The van der Waals surface area contributed by atoms with Crippen LogP contribution in [0.4, 0.5) is 21.0 Å². The molecule has 20 heteroatoms. The first kappa shape index (κ1) is 55.7. The van der Waals surface area contributed by atoms with E-state index in [1.807, 2.05) is 36.4 Å². The average Bonchev–Trinajstić information content (AvgIpc) is 4.42. The van der Waals surface area contributed by atoms with Crippen molar-refractivity contribution in [3.05, 3.63) is 96.1 Å². The first-order valence-corrected chi connectivity index (χ1v) is 28.2. The predicted octanol–water partition coefficient (Wildman–Crippen LogP) is 3.97. The molecule has 0 radical (unpaired) electrons. The Kier molecular flexibility index (Phi) is 18.0. The smallest absolute Gasteiger partial charge is 0.321 e. The highest BCUT2D eigenvalue weighted by Gasteiger charge is 2.48. The van der Waals surface area contributed by atoms with E-state index < -0.39 is 71.9 Å². The Bertz CT molecular complexity index is 2470. The Hall–Kier alpha value is -7.06. The first-order valence-electron chi connectivity index (χ1n) is 28.2. The number of likely N-dealkylation sites (N-methyl/N-ethyl adjacent to an activating group) is 2.